The van der Waals surface area contributed by atoms with Gasteiger partial charge in [0.05, 0.1) is 30.5 Å². The van der Waals surface area contributed by atoms with Gasteiger partial charge in [-0.25, -0.2) is 0 Å². The van der Waals surface area contributed by atoms with Crippen LogP contribution >= 0.6 is 11.8 Å². The standard InChI is InChI=1S/C9H13NO2S/c10-4-3-7-6-11-9(12-7)8-2-1-5-13-8/h7-9H,1-3,5-6H2. The van der Waals surface area contributed by atoms with Crippen molar-refractivity contribution in [2.24, 2.45) is 0 Å². The molecule has 0 aromatic heterocycles. The van der Waals surface area contributed by atoms with Gasteiger partial charge in [0.1, 0.15) is 0 Å². The molecule has 3 nitrogen and oxygen atoms in total. The van der Waals surface area contributed by atoms with E-state index in [9.17, 15) is 0 Å². The predicted octanol–water partition coefficient (Wildman–Crippen LogP) is 1.54. The normalized spacial score (nSPS) is 39.2. The lowest BCUT2D eigenvalue weighted by molar-refractivity contribution is -0.0564. The van der Waals surface area contributed by atoms with Gasteiger partial charge in [0.25, 0.3) is 0 Å². The summed E-state index contributed by atoms with van der Waals surface area (Å²) in [4.78, 5) is 0. The molecule has 72 valence electrons. The van der Waals surface area contributed by atoms with Crippen LogP contribution in [0.1, 0.15) is 19.3 Å². The van der Waals surface area contributed by atoms with E-state index in [0.29, 0.717) is 18.3 Å². The van der Waals surface area contributed by atoms with E-state index in [-0.39, 0.29) is 12.4 Å². The summed E-state index contributed by atoms with van der Waals surface area (Å²) in [7, 11) is 0. The second kappa shape index (κ2) is 4.32. The molecule has 2 aliphatic rings. The molecule has 3 unspecified atom stereocenters. The first-order valence-electron chi connectivity index (χ1n) is 4.66. The lowest BCUT2D eigenvalue weighted by Gasteiger charge is -2.15. The lowest BCUT2D eigenvalue weighted by atomic mass is 10.2. The third kappa shape index (κ3) is 2.16. The largest absolute Gasteiger partial charge is 0.349 e. The summed E-state index contributed by atoms with van der Waals surface area (Å²) in [5.41, 5.74) is 0. The van der Waals surface area contributed by atoms with Crippen molar-refractivity contribution in [2.75, 3.05) is 12.4 Å². The van der Waals surface area contributed by atoms with E-state index in [4.69, 9.17) is 14.7 Å². The van der Waals surface area contributed by atoms with E-state index in [1.54, 1.807) is 0 Å². The average Bonchev–Trinajstić information content (AvgIpc) is 2.70. The van der Waals surface area contributed by atoms with E-state index in [1.807, 2.05) is 11.8 Å². The highest BCUT2D eigenvalue weighted by atomic mass is 32.2. The quantitative estimate of drug-likeness (QED) is 0.676. The van der Waals surface area contributed by atoms with Gasteiger partial charge < -0.3 is 9.47 Å². The summed E-state index contributed by atoms with van der Waals surface area (Å²) < 4.78 is 11.1. The van der Waals surface area contributed by atoms with Gasteiger partial charge in [-0.3, -0.25) is 0 Å². The maximum atomic E-state index is 8.49. The van der Waals surface area contributed by atoms with Crippen LogP contribution in [0.3, 0.4) is 0 Å². The molecule has 2 heterocycles. The molecule has 0 saturated carbocycles. The number of nitriles is 1. The Morgan fingerprint density at radius 3 is 3.15 bits per heavy atom. The van der Waals surface area contributed by atoms with Gasteiger partial charge in [-0.1, -0.05) is 0 Å². The number of hydrogen-bond acceptors (Lipinski definition) is 4. The van der Waals surface area contributed by atoms with Crippen LogP contribution in [-0.4, -0.2) is 30.0 Å². The molecule has 2 saturated heterocycles. The zero-order chi connectivity index (χ0) is 9.10. The number of thioether (sulfide) groups is 1. The Morgan fingerprint density at radius 2 is 2.46 bits per heavy atom. The predicted molar refractivity (Wildman–Crippen MR) is 50.3 cm³/mol. The molecule has 4 heteroatoms. The molecule has 2 rings (SSSR count). The molecule has 0 aromatic rings. The van der Waals surface area contributed by atoms with E-state index < -0.39 is 0 Å². The molecule has 0 amide bonds. The smallest absolute Gasteiger partial charge is 0.169 e. The van der Waals surface area contributed by atoms with Crippen molar-refractivity contribution in [3.63, 3.8) is 0 Å². The van der Waals surface area contributed by atoms with E-state index in [2.05, 4.69) is 6.07 Å². The van der Waals surface area contributed by atoms with Gasteiger partial charge >= 0.3 is 0 Å². The summed E-state index contributed by atoms with van der Waals surface area (Å²) in [6.45, 7) is 0.593. The van der Waals surface area contributed by atoms with Gasteiger partial charge in [0, 0.05) is 0 Å². The van der Waals surface area contributed by atoms with E-state index in [0.717, 1.165) is 0 Å². The Morgan fingerprint density at radius 1 is 1.54 bits per heavy atom. The minimum Gasteiger partial charge on any atom is -0.349 e. The van der Waals surface area contributed by atoms with Gasteiger partial charge in [-0.05, 0) is 18.6 Å². The molecule has 3 atom stereocenters. The van der Waals surface area contributed by atoms with Crippen LogP contribution in [0.4, 0.5) is 0 Å². The first-order valence-corrected chi connectivity index (χ1v) is 5.70. The van der Waals surface area contributed by atoms with Crippen LogP contribution in [0.5, 0.6) is 0 Å². The first-order chi connectivity index (χ1) is 6.40. The van der Waals surface area contributed by atoms with E-state index >= 15 is 0 Å². The van der Waals surface area contributed by atoms with E-state index in [1.165, 1.54) is 18.6 Å². The molecule has 0 aromatic carbocycles. The molecular weight excluding hydrogens is 186 g/mol. The minimum atomic E-state index is -0.0501. The summed E-state index contributed by atoms with van der Waals surface area (Å²) in [5, 5.41) is 8.99. The zero-order valence-electron chi connectivity index (χ0n) is 7.44. The Bertz CT molecular complexity index is 210. The van der Waals surface area contributed by atoms with Crippen molar-refractivity contribution in [1.29, 1.82) is 5.26 Å². The molecule has 13 heavy (non-hydrogen) atoms. The average molecular weight is 199 g/mol. The van der Waals surface area contributed by atoms with Crippen LogP contribution in [0, 0.1) is 11.3 Å². The molecule has 0 bridgehead atoms. The highest BCUT2D eigenvalue weighted by Gasteiger charge is 2.34. The van der Waals surface area contributed by atoms with Crippen molar-refractivity contribution in [3.05, 3.63) is 0 Å². The molecule has 0 spiro atoms. The maximum absolute atomic E-state index is 8.49. The van der Waals surface area contributed by atoms with Crippen molar-refractivity contribution in [3.8, 4) is 6.07 Å². The minimum absolute atomic E-state index is 0.0104. The fourth-order valence-electron chi connectivity index (χ4n) is 1.69. The SMILES string of the molecule is N#CCC1COC(C2CCCS2)O1. The summed E-state index contributed by atoms with van der Waals surface area (Å²) in [6.07, 6.45) is 2.87. The van der Waals surface area contributed by atoms with Gasteiger partial charge in [-0.2, -0.15) is 17.0 Å². The second-order valence-electron chi connectivity index (χ2n) is 3.37. The van der Waals surface area contributed by atoms with Gasteiger partial charge in [-0.15, -0.1) is 0 Å². The number of ether oxygens (including phenoxy) is 2. The molecule has 0 N–H and O–H groups in total. The summed E-state index contributed by atoms with van der Waals surface area (Å²) in [6, 6.07) is 2.11. The van der Waals surface area contributed by atoms with Gasteiger partial charge in [0.15, 0.2) is 6.29 Å². The molecule has 2 aliphatic heterocycles. The topological polar surface area (TPSA) is 42.2 Å². The lowest BCUT2D eigenvalue weighted by Crippen LogP contribution is -2.22. The molecule has 2 fully saturated rings. The maximum Gasteiger partial charge on any atom is 0.169 e. The third-order valence-electron chi connectivity index (χ3n) is 2.36. The van der Waals surface area contributed by atoms with Crippen LogP contribution in [0.2, 0.25) is 0 Å². The Balaban J connectivity index is 1.80. The fourth-order valence-corrected chi connectivity index (χ4v) is 2.96. The van der Waals surface area contributed by atoms with Crippen molar-refractivity contribution >= 4 is 11.8 Å². The van der Waals surface area contributed by atoms with Crippen LogP contribution in [0.15, 0.2) is 0 Å². The van der Waals surface area contributed by atoms with Crippen molar-refractivity contribution in [2.45, 2.75) is 36.9 Å². The number of nitrogens with zero attached hydrogens (tertiary/aromatic N) is 1. The molecule has 0 radical (unpaired) electrons. The Labute approximate surface area is 82.4 Å². The number of rotatable bonds is 2. The summed E-state index contributed by atoms with van der Waals surface area (Å²) >= 11 is 1.93. The highest BCUT2D eigenvalue weighted by molar-refractivity contribution is 8.00. The zero-order valence-corrected chi connectivity index (χ0v) is 8.26. The number of hydrogen-bond donors (Lipinski definition) is 0. The Hall–Kier alpha value is -0.240. The Kier molecular flexibility index (Phi) is 3.09. The fraction of sp³-hybridized carbons (Fsp3) is 0.889. The molecule has 0 aliphatic carbocycles. The second-order valence-corrected chi connectivity index (χ2v) is 4.72. The third-order valence-corrected chi connectivity index (χ3v) is 3.77. The van der Waals surface area contributed by atoms with Crippen molar-refractivity contribution < 1.29 is 9.47 Å². The van der Waals surface area contributed by atoms with Crippen LogP contribution in [-0.2, 0) is 9.47 Å². The van der Waals surface area contributed by atoms with Crippen LogP contribution in [0.25, 0.3) is 0 Å². The van der Waals surface area contributed by atoms with Gasteiger partial charge in [0.2, 0.25) is 0 Å². The highest BCUT2D eigenvalue weighted by Crippen LogP contribution is 2.33. The summed E-state index contributed by atoms with van der Waals surface area (Å²) in [5.74, 6) is 1.22. The van der Waals surface area contributed by atoms with Crippen LogP contribution < -0.4 is 0 Å². The first kappa shape index (κ1) is 9.32. The van der Waals surface area contributed by atoms with Crippen molar-refractivity contribution in [1.82, 2.24) is 0 Å². The monoisotopic (exact) mass is 199 g/mol. The molecular formula is C9H13NO2S.